The topological polar surface area (TPSA) is 20.3 Å². The van der Waals surface area contributed by atoms with E-state index >= 15 is 0 Å². The molecule has 0 bridgehead atoms. The second-order valence-electron chi connectivity index (χ2n) is 6.28. The zero-order valence-corrected chi connectivity index (χ0v) is 10.3. The van der Waals surface area contributed by atoms with Crippen molar-refractivity contribution in [3.05, 3.63) is 0 Å². The Morgan fingerprint density at radius 2 is 1.64 bits per heavy atom. The molecule has 2 heteroatoms. The molecule has 1 aliphatic rings. The van der Waals surface area contributed by atoms with Crippen LogP contribution in [0.5, 0.6) is 0 Å². The Morgan fingerprint density at radius 1 is 1.14 bits per heavy atom. The molecule has 1 atom stereocenters. The van der Waals surface area contributed by atoms with Gasteiger partial charge in [0.1, 0.15) is 0 Å². The van der Waals surface area contributed by atoms with Crippen molar-refractivity contribution in [2.75, 3.05) is 6.54 Å². The number of likely N-dealkylation sites (tertiary alicyclic amines) is 1. The predicted octanol–water partition coefficient (Wildman–Crippen LogP) is 2.47. The Morgan fingerprint density at radius 3 is 1.86 bits per heavy atom. The molecule has 0 amide bonds. The fraction of sp³-hybridized carbons (Fsp3) is 0.917. The third-order valence-electron chi connectivity index (χ3n) is 2.92. The maximum Gasteiger partial charge on any atom is 0.155 e. The average Bonchev–Trinajstić information content (AvgIpc) is 1.77. The van der Waals surface area contributed by atoms with Gasteiger partial charge in [0.2, 0.25) is 0 Å². The fourth-order valence-electron chi connectivity index (χ4n) is 1.96. The summed E-state index contributed by atoms with van der Waals surface area (Å²) in [6.07, 6.45) is 1.04. The minimum Gasteiger partial charge on any atom is -0.297 e. The van der Waals surface area contributed by atoms with E-state index in [4.69, 9.17) is 0 Å². The van der Waals surface area contributed by atoms with Gasteiger partial charge in [0.25, 0.3) is 0 Å². The van der Waals surface area contributed by atoms with E-state index in [0.29, 0.717) is 5.78 Å². The van der Waals surface area contributed by atoms with Gasteiger partial charge in [0, 0.05) is 17.5 Å². The minimum atomic E-state index is -0.200. The van der Waals surface area contributed by atoms with Gasteiger partial charge in [-0.3, -0.25) is 9.69 Å². The number of hydrogen-bond acceptors (Lipinski definition) is 2. The van der Waals surface area contributed by atoms with Crippen LogP contribution in [0.4, 0.5) is 0 Å². The van der Waals surface area contributed by atoms with Gasteiger partial charge in [-0.1, -0.05) is 20.8 Å². The van der Waals surface area contributed by atoms with E-state index in [1.54, 1.807) is 0 Å². The van der Waals surface area contributed by atoms with Crippen LogP contribution >= 0.6 is 0 Å². The Labute approximate surface area is 87.7 Å². The largest absolute Gasteiger partial charge is 0.297 e. The van der Waals surface area contributed by atoms with Crippen LogP contribution in [0.15, 0.2) is 0 Å². The molecular weight excluding hydrogens is 174 g/mol. The van der Waals surface area contributed by atoms with Crippen LogP contribution in [0.2, 0.25) is 0 Å². The molecule has 0 radical (unpaired) electrons. The highest BCUT2D eigenvalue weighted by molar-refractivity contribution is 5.89. The number of ketones is 1. The molecule has 0 aliphatic carbocycles. The second-order valence-corrected chi connectivity index (χ2v) is 6.28. The molecular formula is C12H23NO. The lowest BCUT2D eigenvalue weighted by Crippen LogP contribution is -2.62. The van der Waals surface area contributed by atoms with E-state index in [1.165, 1.54) is 0 Å². The van der Waals surface area contributed by atoms with Crippen molar-refractivity contribution in [2.45, 2.75) is 59.5 Å². The van der Waals surface area contributed by atoms with E-state index in [-0.39, 0.29) is 17.0 Å². The molecule has 0 aromatic heterocycles. The van der Waals surface area contributed by atoms with Gasteiger partial charge in [0.15, 0.2) is 5.78 Å². The van der Waals surface area contributed by atoms with E-state index in [9.17, 15) is 4.79 Å². The van der Waals surface area contributed by atoms with Crippen molar-refractivity contribution in [3.8, 4) is 0 Å². The van der Waals surface area contributed by atoms with Crippen molar-refractivity contribution in [2.24, 2.45) is 5.41 Å². The molecule has 0 unspecified atom stereocenters. The summed E-state index contributed by atoms with van der Waals surface area (Å²) in [6.45, 7) is 13.6. The monoisotopic (exact) mass is 197 g/mol. The van der Waals surface area contributed by atoms with Gasteiger partial charge >= 0.3 is 0 Å². The summed E-state index contributed by atoms with van der Waals surface area (Å²) >= 11 is 0. The summed E-state index contributed by atoms with van der Waals surface area (Å²) in [5.41, 5.74) is -0.0710. The summed E-state index contributed by atoms with van der Waals surface area (Å²) in [4.78, 5) is 14.4. The van der Waals surface area contributed by atoms with E-state index in [1.807, 2.05) is 20.8 Å². The molecule has 2 nitrogen and oxygen atoms in total. The van der Waals surface area contributed by atoms with Crippen LogP contribution in [0.3, 0.4) is 0 Å². The van der Waals surface area contributed by atoms with Gasteiger partial charge in [0.05, 0.1) is 6.04 Å². The van der Waals surface area contributed by atoms with Crippen LogP contribution < -0.4 is 0 Å². The Kier molecular flexibility index (Phi) is 2.79. The van der Waals surface area contributed by atoms with Crippen LogP contribution in [-0.2, 0) is 4.79 Å². The smallest absolute Gasteiger partial charge is 0.155 e. The average molecular weight is 197 g/mol. The van der Waals surface area contributed by atoms with E-state index in [2.05, 4.69) is 25.7 Å². The molecule has 14 heavy (non-hydrogen) atoms. The lowest BCUT2D eigenvalue weighted by molar-refractivity contribution is -0.140. The molecule has 1 saturated heterocycles. The standard InChI is InChI=1S/C12H23NO/c1-11(2,3)10(14)9-7-8-13(9)12(4,5)6/h9H,7-8H2,1-6H3/t9-/m1/s1. The summed E-state index contributed by atoms with van der Waals surface area (Å²) in [5, 5.41) is 0. The second kappa shape index (κ2) is 3.34. The molecule has 0 aromatic rings. The molecule has 1 fully saturated rings. The third kappa shape index (κ3) is 2.17. The Bertz CT molecular complexity index is 232. The minimum absolute atomic E-state index is 0.129. The first-order valence-electron chi connectivity index (χ1n) is 5.45. The van der Waals surface area contributed by atoms with Crippen molar-refractivity contribution in [3.63, 3.8) is 0 Å². The zero-order chi connectivity index (χ0) is 11.1. The first-order valence-corrected chi connectivity index (χ1v) is 5.45. The summed E-state index contributed by atoms with van der Waals surface area (Å²) in [6, 6.07) is 0.162. The SMILES string of the molecule is CC(C)(C)C(=O)[C@H]1CCN1C(C)(C)C. The number of Topliss-reactive ketones (excluding diaryl/α,β-unsaturated/α-hetero) is 1. The van der Waals surface area contributed by atoms with E-state index < -0.39 is 0 Å². The molecule has 0 saturated carbocycles. The normalized spacial score (nSPS) is 24.6. The van der Waals surface area contributed by atoms with Crippen LogP contribution in [0, 0.1) is 5.41 Å². The summed E-state index contributed by atoms with van der Waals surface area (Å²) < 4.78 is 0. The predicted molar refractivity (Wildman–Crippen MR) is 59.3 cm³/mol. The molecule has 1 rings (SSSR count). The highest BCUT2D eigenvalue weighted by atomic mass is 16.1. The molecule has 0 N–H and O–H groups in total. The van der Waals surface area contributed by atoms with Crippen LogP contribution in [-0.4, -0.2) is 28.8 Å². The van der Waals surface area contributed by atoms with Gasteiger partial charge in [-0.05, 0) is 27.2 Å². The van der Waals surface area contributed by atoms with Gasteiger partial charge in [-0.25, -0.2) is 0 Å². The number of nitrogens with zero attached hydrogens (tertiary/aromatic N) is 1. The first kappa shape index (κ1) is 11.7. The summed E-state index contributed by atoms with van der Waals surface area (Å²) in [7, 11) is 0. The highest BCUT2D eigenvalue weighted by Gasteiger charge is 2.43. The Balaban J connectivity index is 2.69. The lowest BCUT2D eigenvalue weighted by atomic mass is 9.79. The Hall–Kier alpha value is -0.370. The van der Waals surface area contributed by atoms with Crippen molar-refractivity contribution >= 4 is 5.78 Å². The molecule has 1 heterocycles. The molecule has 82 valence electrons. The zero-order valence-electron chi connectivity index (χ0n) is 10.3. The fourth-order valence-corrected chi connectivity index (χ4v) is 1.96. The van der Waals surface area contributed by atoms with E-state index in [0.717, 1.165) is 13.0 Å². The lowest BCUT2D eigenvalue weighted by Gasteiger charge is -2.50. The number of hydrogen-bond donors (Lipinski definition) is 0. The van der Waals surface area contributed by atoms with Crippen molar-refractivity contribution < 1.29 is 4.79 Å². The van der Waals surface area contributed by atoms with Crippen molar-refractivity contribution in [1.29, 1.82) is 0 Å². The number of rotatable bonds is 1. The van der Waals surface area contributed by atoms with Gasteiger partial charge in [-0.2, -0.15) is 0 Å². The number of carbonyl (C=O) groups excluding carboxylic acids is 1. The maximum absolute atomic E-state index is 12.1. The maximum atomic E-state index is 12.1. The molecule has 0 aromatic carbocycles. The highest BCUT2D eigenvalue weighted by Crippen LogP contribution is 2.32. The third-order valence-corrected chi connectivity index (χ3v) is 2.92. The summed E-state index contributed by atoms with van der Waals surface area (Å²) in [5.74, 6) is 0.388. The number of carbonyl (C=O) groups is 1. The first-order chi connectivity index (χ1) is 6.14. The van der Waals surface area contributed by atoms with Gasteiger partial charge in [-0.15, -0.1) is 0 Å². The molecule has 1 aliphatic heterocycles. The van der Waals surface area contributed by atoms with Crippen molar-refractivity contribution in [1.82, 2.24) is 4.90 Å². The molecule has 0 spiro atoms. The quantitative estimate of drug-likeness (QED) is 0.643. The van der Waals surface area contributed by atoms with Crippen LogP contribution in [0.25, 0.3) is 0 Å². The van der Waals surface area contributed by atoms with Gasteiger partial charge < -0.3 is 0 Å². The van der Waals surface area contributed by atoms with Crippen LogP contribution in [0.1, 0.15) is 48.0 Å².